The molecule has 6 heteroatoms. The largest absolute Gasteiger partial charge is 0.494 e. The van der Waals surface area contributed by atoms with Gasteiger partial charge < -0.3 is 9.64 Å². The van der Waals surface area contributed by atoms with Gasteiger partial charge in [0.1, 0.15) is 17.1 Å². The molecule has 2 fully saturated rings. The second-order valence-corrected chi connectivity index (χ2v) is 7.79. The molecule has 2 aromatic rings. The molecule has 2 aliphatic heterocycles. The number of aromatic nitrogens is 1. The SMILES string of the molecule is CCOc1ccc(F)c(-c2cc([C@@H]3CC[C@@]4(CCN(C)C4=O)N3)ncc2C)c1. The highest BCUT2D eigenvalue weighted by atomic mass is 19.1. The summed E-state index contributed by atoms with van der Waals surface area (Å²) in [5, 5.41) is 3.54. The summed E-state index contributed by atoms with van der Waals surface area (Å²) in [5.74, 6) is 0.527. The highest BCUT2D eigenvalue weighted by molar-refractivity contribution is 5.88. The molecule has 0 unspecified atom stereocenters. The molecule has 1 amide bonds. The molecular weight excluding hydrogens is 357 g/mol. The second kappa shape index (κ2) is 7.17. The Morgan fingerprint density at radius 2 is 2.14 bits per heavy atom. The first-order chi connectivity index (χ1) is 13.4. The highest BCUT2D eigenvalue weighted by Gasteiger charge is 2.50. The summed E-state index contributed by atoms with van der Waals surface area (Å²) in [6.07, 6.45) is 4.26. The zero-order chi connectivity index (χ0) is 19.9. The standard InChI is InChI=1S/C22H26FN3O2/c1-4-28-15-5-6-18(23)17(11-15)16-12-20(24-13-14(16)2)19-7-8-22(25-19)9-10-26(3)21(22)27/h5-6,11-13,19,25H,4,7-10H2,1-3H3/t19-,22-/m0/s1. The maximum absolute atomic E-state index is 14.6. The van der Waals surface area contributed by atoms with Crippen LogP contribution in [-0.2, 0) is 4.79 Å². The molecule has 148 valence electrons. The van der Waals surface area contributed by atoms with Crippen LogP contribution >= 0.6 is 0 Å². The third-order valence-electron chi connectivity index (χ3n) is 5.96. The van der Waals surface area contributed by atoms with Gasteiger partial charge in [-0.3, -0.25) is 15.1 Å². The van der Waals surface area contributed by atoms with Crippen LogP contribution in [0.15, 0.2) is 30.5 Å². The van der Waals surface area contributed by atoms with E-state index in [1.807, 2.05) is 27.0 Å². The number of likely N-dealkylation sites (tertiary alicyclic amines) is 1. The van der Waals surface area contributed by atoms with Crippen LogP contribution < -0.4 is 10.1 Å². The molecule has 3 heterocycles. The number of aryl methyl sites for hydroxylation is 1. The number of hydrogen-bond donors (Lipinski definition) is 1. The molecule has 2 aliphatic rings. The minimum absolute atomic E-state index is 0.00654. The van der Waals surface area contributed by atoms with E-state index in [9.17, 15) is 9.18 Å². The van der Waals surface area contributed by atoms with Crippen molar-refractivity contribution < 1.29 is 13.9 Å². The van der Waals surface area contributed by atoms with Gasteiger partial charge in [-0.25, -0.2) is 4.39 Å². The molecule has 5 nitrogen and oxygen atoms in total. The van der Waals surface area contributed by atoms with Crippen LogP contribution in [-0.4, -0.2) is 41.5 Å². The zero-order valence-electron chi connectivity index (χ0n) is 16.6. The fourth-order valence-electron chi connectivity index (χ4n) is 4.38. The van der Waals surface area contributed by atoms with Gasteiger partial charge in [0.15, 0.2) is 0 Å². The van der Waals surface area contributed by atoms with Gasteiger partial charge in [0, 0.05) is 25.4 Å². The van der Waals surface area contributed by atoms with Gasteiger partial charge in [0.25, 0.3) is 0 Å². The van der Waals surface area contributed by atoms with Crippen LogP contribution in [0.25, 0.3) is 11.1 Å². The molecule has 1 aromatic carbocycles. The second-order valence-electron chi connectivity index (χ2n) is 7.79. The highest BCUT2D eigenvalue weighted by Crippen LogP contribution is 2.40. The molecule has 1 aromatic heterocycles. The van der Waals surface area contributed by atoms with Crippen LogP contribution in [0, 0.1) is 12.7 Å². The summed E-state index contributed by atoms with van der Waals surface area (Å²) in [4.78, 5) is 19.0. The number of benzene rings is 1. The van der Waals surface area contributed by atoms with E-state index in [0.717, 1.165) is 42.6 Å². The molecular formula is C22H26FN3O2. The Bertz CT molecular complexity index is 917. The maximum Gasteiger partial charge on any atom is 0.242 e. The molecule has 1 N–H and O–H groups in total. The Labute approximate surface area is 164 Å². The lowest BCUT2D eigenvalue weighted by molar-refractivity contribution is -0.131. The zero-order valence-corrected chi connectivity index (χ0v) is 16.6. The third kappa shape index (κ3) is 3.15. The minimum Gasteiger partial charge on any atom is -0.494 e. The van der Waals surface area contributed by atoms with E-state index in [1.165, 1.54) is 6.07 Å². The molecule has 0 bridgehead atoms. The fraction of sp³-hybridized carbons (Fsp3) is 0.455. The van der Waals surface area contributed by atoms with Gasteiger partial charge in [-0.05, 0) is 68.5 Å². The Kier molecular flexibility index (Phi) is 4.83. The number of carbonyl (C=O) groups is 1. The molecule has 0 radical (unpaired) electrons. The number of hydrogen-bond acceptors (Lipinski definition) is 4. The normalized spacial score (nSPS) is 24.4. The first kappa shape index (κ1) is 18.9. The van der Waals surface area contributed by atoms with Crippen molar-refractivity contribution in [2.75, 3.05) is 20.2 Å². The van der Waals surface area contributed by atoms with E-state index in [1.54, 1.807) is 23.2 Å². The lowest BCUT2D eigenvalue weighted by Gasteiger charge is -2.23. The summed E-state index contributed by atoms with van der Waals surface area (Å²) in [5.41, 5.74) is 2.60. The van der Waals surface area contributed by atoms with Crippen molar-refractivity contribution in [2.45, 2.75) is 44.7 Å². The van der Waals surface area contributed by atoms with E-state index in [-0.39, 0.29) is 17.8 Å². The van der Waals surface area contributed by atoms with E-state index in [0.29, 0.717) is 17.9 Å². The van der Waals surface area contributed by atoms with E-state index in [4.69, 9.17) is 4.74 Å². The molecule has 2 saturated heterocycles. The lowest BCUT2D eigenvalue weighted by atomic mass is 9.96. The number of nitrogens with zero attached hydrogens (tertiary/aromatic N) is 2. The number of likely N-dealkylation sites (N-methyl/N-ethyl adjacent to an activating group) is 1. The van der Waals surface area contributed by atoms with E-state index < -0.39 is 5.54 Å². The molecule has 2 atom stereocenters. The Morgan fingerprint density at radius 3 is 2.86 bits per heavy atom. The number of ether oxygens (including phenoxy) is 1. The number of amides is 1. The van der Waals surface area contributed by atoms with Crippen LogP contribution in [0.4, 0.5) is 4.39 Å². The monoisotopic (exact) mass is 383 g/mol. The average Bonchev–Trinajstić information content (AvgIpc) is 3.24. The van der Waals surface area contributed by atoms with Crippen LogP contribution in [0.2, 0.25) is 0 Å². The first-order valence-corrected chi connectivity index (χ1v) is 9.86. The molecule has 0 saturated carbocycles. The van der Waals surface area contributed by atoms with Crippen molar-refractivity contribution in [1.82, 2.24) is 15.2 Å². The molecule has 1 spiro atoms. The molecule has 0 aliphatic carbocycles. The van der Waals surface area contributed by atoms with Crippen molar-refractivity contribution in [3.63, 3.8) is 0 Å². The summed E-state index contributed by atoms with van der Waals surface area (Å²) >= 11 is 0. The molecule has 28 heavy (non-hydrogen) atoms. The summed E-state index contributed by atoms with van der Waals surface area (Å²) in [6.45, 7) is 5.14. The Morgan fingerprint density at radius 1 is 1.32 bits per heavy atom. The predicted octanol–water partition coefficient (Wildman–Crippen LogP) is 3.62. The van der Waals surface area contributed by atoms with Gasteiger partial charge >= 0.3 is 0 Å². The summed E-state index contributed by atoms with van der Waals surface area (Å²) in [7, 11) is 1.85. The van der Waals surface area contributed by atoms with Gasteiger partial charge in [-0.2, -0.15) is 0 Å². The van der Waals surface area contributed by atoms with Crippen molar-refractivity contribution >= 4 is 5.91 Å². The number of carbonyl (C=O) groups excluding carboxylic acids is 1. The minimum atomic E-state index is -0.466. The van der Waals surface area contributed by atoms with Crippen LogP contribution in [0.5, 0.6) is 5.75 Å². The number of rotatable bonds is 4. The van der Waals surface area contributed by atoms with Crippen LogP contribution in [0.3, 0.4) is 0 Å². The van der Waals surface area contributed by atoms with Crippen molar-refractivity contribution in [3.8, 4) is 16.9 Å². The topological polar surface area (TPSA) is 54.5 Å². The average molecular weight is 383 g/mol. The van der Waals surface area contributed by atoms with Crippen LogP contribution in [0.1, 0.15) is 43.5 Å². The number of nitrogens with one attached hydrogen (secondary N) is 1. The first-order valence-electron chi connectivity index (χ1n) is 9.86. The third-order valence-corrected chi connectivity index (χ3v) is 5.96. The van der Waals surface area contributed by atoms with Crippen molar-refractivity contribution in [1.29, 1.82) is 0 Å². The van der Waals surface area contributed by atoms with E-state index in [2.05, 4.69) is 10.3 Å². The molecule has 4 rings (SSSR count). The smallest absolute Gasteiger partial charge is 0.242 e. The fourth-order valence-corrected chi connectivity index (χ4v) is 4.38. The van der Waals surface area contributed by atoms with Crippen molar-refractivity contribution in [3.05, 3.63) is 47.5 Å². The number of pyridine rings is 1. The Balaban J connectivity index is 1.66. The summed E-state index contributed by atoms with van der Waals surface area (Å²) in [6, 6.07) is 6.76. The quantitative estimate of drug-likeness (QED) is 0.876. The van der Waals surface area contributed by atoms with Gasteiger partial charge in [0.2, 0.25) is 5.91 Å². The lowest BCUT2D eigenvalue weighted by Crippen LogP contribution is -2.47. The van der Waals surface area contributed by atoms with Gasteiger partial charge in [0.05, 0.1) is 18.3 Å². The maximum atomic E-state index is 14.6. The predicted molar refractivity (Wildman–Crippen MR) is 106 cm³/mol. The van der Waals surface area contributed by atoms with Crippen molar-refractivity contribution in [2.24, 2.45) is 0 Å². The Hall–Kier alpha value is -2.47. The summed E-state index contributed by atoms with van der Waals surface area (Å²) < 4.78 is 20.1. The van der Waals surface area contributed by atoms with Gasteiger partial charge in [-0.1, -0.05) is 0 Å². The number of halogens is 1. The van der Waals surface area contributed by atoms with E-state index >= 15 is 0 Å². The van der Waals surface area contributed by atoms with Gasteiger partial charge in [-0.15, -0.1) is 0 Å².